The third-order valence-corrected chi connectivity index (χ3v) is 2.23. The number of pyridine rings is 1. The highest BCUT2D eigenvalue weighted by Crippen LogP contribution is 2.11. The van der Waals surface area contributed by atoms with Gasteiger partial charge < -0.3 is 10.6 Å². The Hall–Kier alpha value is -1.65. The van der Waals surface area contributed by atoms with Crippen molar-refractivity contribution in [3.05, 3.63) is 23.8 Å². The number of hydrogen-bond donors (Lipinski definition) is 2. The fourth-order valence-electron chi connectivity index (χ4n) is 1.10. The van der Waals surface area contributed by atoms with Gasteiger partial charge in [0.1, 0.15) is 0 Å². The lowest BCUT2D eigenvalue weighted by Gasteiger charge is -2.12. The highest BCUT2D eigenvalue weighted by Gasteiger charge is 2.09. The van der Waals surface area contributed by atoms with Crippen LogP contribution in [0.5, 0.6) is 0 Å². The van der Waals surface area contributed by atoms with E-state index in [1.54, 1.807) is 13.0 Å². The van der Waals surface area contributed by atoms with Crippen molar-refractivity contribution in [1.82, 2.24) is 10.3 Å². The summed E-state index contributed by atoms with van der Waals surface area (Å²) >= 11 is 0. The number of aryl methyl sites for hydroxylation is 1. The summed E-state index contributed by atoms with van der Waals surface area (Å²) in [4.78, 5) is 15.0. The van der Waals surface area contributed by atoms with Gasteiger partial charge in [0.2, 0.25) is 5.95 Å². The summed E-state index contributed by atoms with van der Waals surface area (Å²) in [7, 11) is 0. The highest BCUT2D eigenvalue weighted by atomic mass is 19.1. The predicted molar refractivity (Wildman–Crippen MR) is 60.8 cm³/mol. The fourth-order valence-corrected chi connectivity index (χ4v) is 1.10. The molecule has 0 bridgehead atoms. The molecule has 0 aromatic carbocycles. The van der Waals surface area contributed by atoms with Gasteiger partial charge in [0.25, 0.3) is 0 Å². The number of amides is 2. The van der Waals surface area contributed by atoms with E-state index in [4.69, 9.17) is 0 Å². The molecule has 1 unspecified atom stereocenters. The third kappa shape index (κ3) is 3.49. The zero-order valence-electron chi connectivity index (χ0n) is 9.67. The minimum absolute atomic E-state index is 0.0569. The molecule has 0 saturated carbocycles. The molecule has 0 spiro atoms. The van der Waals surface area contributed by atoms with Crippen molar-refractivity contribution in [3.8, 4) is 0 Å². The number of aromatic nitrogens is 1. The van der Waals surface area contributed by atoms with Crippen LogP contribution < -0.4 is 10.6 Å². The average molecular weight is 225 g/mol. The van der Waals surface area contributed by atoms with Gasteiger partial charge in [-0.2, -0.15) is 4.39 Å². The minimum atomic E-state index is -0.667. The summed E-state index contributed by atoms with van der Waals surface area (Å²) in [6.07, 6.45) is 0.821. The van der Waals surface area contributed by atoms with E-state index in [9.17, 15) is 9.18 Å². The van der Waals surface area contributed by atoms with Gasteiger partial charge >= 0.3 is 6.03 Å². The van der Waals surface area contributed by atoms with Crippen molar-refractivity contribution < 1.29 is 9.18 Å². The summed E-state index contributed by atoms with van der Waals surface area (Å²) in [5, 5.41) is 5.09. The Morgan fingerprint density at radius 1 is 1.56 bits per heavy atom. The predicted octanol–water partition coefficient (Wildman–Crippen LogP) is 2.45. The summed E-state index contributed by atoms with van der Waals surface area (Å²) in [5.41, 5.74) is 0.664. The Balaban J connectivity index is 2.63. The largest absolute Gasteiger partial charge is 0.335 e. The van der Waals surface area contributed by atoms with Crippen molar-refractivity contribution in [2.75, 3.05) is 5.32 Å². The van der Waals surface area contributed by atoms with Crippen LogP contribution in [0.3, 0.4) is 0 Å². The SMILES string of the molecule is CCC(C)NC(=O)Nc1ccc(C)nc1F. The highest BCUT2D eigenvalue weighted by molar-refractivity contribution is 5.89. The first-order chi connectivity index (χ1) is 7.52. The van der Waals surface area contributed by atoms with Crippen molar-refractivity contribution in [3.63, 3.8) is 0 Å². The number of halogens is 1. The van der Waals surface area contributed by atoms with E-state index in [1.165, 1.54) is 6.07 Å². The molecular formula is C11H16FN3O. The molecule has 2 N–H and O–H groups in total. The van der Waals surface area contributed by atoms with E-state index in [0.29, 0.717) is 5.69 Å². The summed E-state index contributed by atoms with van der Waals surface area (Å²) in [6.45, 7) is 5.52. The van der Waals surface area contributed by atoms with Gasteiger partial charge in [-0.25, -0.2) is 9.78 Å². The topological polar surface area (TPSA) is 54.0 Å². The van der Waals surface area contributed by atoms with E-state index in [2.05, 4.69) is 15.6 Å². The number of nitrogens with zero attached hydrogens (tertiary/aromatic N) is 1. The zero-order valence-corrected chi connectivity index (χ0v) is 9.67. The second-order valence-corrected chi connectivity index (χ2v) is 3.70. The van der Waals surface area contributed by atoms with Gasteiger partial charge in [-0.3, -0.25) is 0 Å². The molecule has 16 heavy (non-hydrogen) atoms. The fraction of sp³-hybridized carbons (Fsp3) is 0.455. The lowest BCUT2D eigenvalue weighted by Crippen LogP contribution is -2.35. The number of hydrogen-bond acceptors (Lipinski definition) is 2. The number of rotatable bonds is 3. The molecule has 0 aliphatic heterocycles. The van der Waals surface area contributed by atoms with Gasteiger partial charge in [0.15, 0.2) is 0 Å². The van der Waals surface area contributed by atoms with Gasteiger partial charge in [0.05, 0.1) is 5.69 Å². The summed E-state index contributed by atoms with van der Waals surface area (Å²) < 4.78 is 13.3. The number of carbonyl (C=O) groups is 1. The summed E-state index contributed by atoms with van der Waals surface area (Å²) in [6, 6.07) is 2.77. The molecule has 0 saturated heterocycles. The first-order valence-electron chi connectivity index (χ1n) is 5.23. The second-order valence-electron chi connectivity index (χ2n) is 3.70. The van der Waals surface area contributed by atoms with Crippen molar-refractivity contribution in [1.29, 1.82) is 0 Å². The molecular weight excluding hydrogens is 209 g/mol. The number of carbonyl (C=O) groups excluding carboxylic acids is 1. The van der Waals surface area contributed by atoms with Crippen LogP contribution in [0.1, 0.15) is 26.0 Å². The summed E-state index contributed by atoms with van der Waals surface area (Å²) in [5.74, 6) is -0.667. The van der Waals surface area contributed by atoms with Gasteiger partial charge in [-0.05, 0) is 32.4 Å². The lowest BCUT2D eigenvalue weighted by atomic mass is 10.3. The van der Waals surface area contributed by atoms with Crippen LogP contribution in [0, 0.1) is 12.9 Å². The molecule has 1 atom stereocenters. The molecule has 0 fully saturated rings. The third-order valence-electron chi connectivity index (χ3n) is 2.23. The van der Waals surface area contributed by atoms with Crippen molar-refractivity contribution in [2.45, 2.75) is 33.2 Å². The number of anilines is 1. The Kier molecular flexibility index (Phi) is 4.22. The first-order valence-corrected chi connectivity index (χ1v) is 5.23. The van der Waals surface area contributed by atoms with Crippen LogP contribution in [-0.2, 0) is 0 Å². The van der Waals surface area contributed by atoms with E-state index < -0.39 is 12.0 Å². The zero-order chi connectivity index (χ0) is 12.1. The Bertz CT molecular complexity index is 381. The van der Waals surface area contributed by atoms with Crippen molar-refractivity contribution in [2.24, 2.45) is 0 Å². The molecule has 1 heterocycles. The normalized spacial score (nSPS) is 12.0. The maximum absolute atomic E-state index is 13.3. The van der Waals surface area contributed by atoms with Crippen molar-refractivity contribution >= 4 is 11.7 Å². The molecule has 2 amide bonds. The molecule has 4 nitrogen and oxygen atoms in total. The van der Waals surface area contributed by atoms with Crippen LogP contribution in [0.25, 0.3) is 0 Å². The van der Waals surface area contributed by atoms with E-state index in [0.717, 1.165) is 6.42 Å². The van der Waals surface area contributed by atoms with Crippen LogP contribution >= 0.6 is 0 Å². The molecule has 88 valence electrons. The van der Waals surface area contributed by atoms with Gasteiger partial charge in [-0.1, -0.05) is 6.92 Å². The molecule has 1 rings (SSSR count). The standard InChI is InChI=1S/C11H16FN3O/c1-4-7(2)14-11(16)15-9-6-5-8(3)13-10(9)12/h5-7H,4H2,1-3H3,(H2,14,15,16). The van der Waals surface area contributed by atoms with E-state index >= 15 is 0 Å². The molecule has 0 aliphatic carbocycles. The Morgan fingerprint density at radius 3 is 2.81 bits per heavy atom. The van der Waals surface area contributed by atoms with Gasteiger partial charge in [-0.15, -0.1) is 0 Å². The van der Waals surface area contributed by atoms with Crippen LogP contribution in [0.4, 0.5) is 14.9 Å². The monoisotopic (exact) mass is 225 g/mol. The van der Waals surface area contributed by atoms with Crippen LogP contribution in [0.2, 0.25) is 0 Å². The van der Waals surface area contributed by atoms with Gasteiger partial charge in [0, 0.05) is 11.7 Å². The smallest absolute Gasteiger partial charge is 0.319 e. The Morgan fingerprint density at radius 2 is 2.25 bits per heavy atom. The molecule has 1 aromatic heterocycles. The van der Waals surface area contributed by atoms with E-state index in [-0.39, 0.29) is 11.7 Å². The van der Waals surface area contributed by atoms with Crippen LogP contribution in [-0.4, -0.2) is 17.1 Å². The molecule has 1 aromatic rings. The number of nitrogens with one attached hydrogen (secondary N) is 2. The maximum Gasteiger partial charge on any atom is 0.319 e. The second kappa shape index (κ2) is 5.44. The molecule has 0 radical (unpaired) electrons. The van der Waals surface area contributed by atoms with Crippen LogP contribution in [0.15, 0.2) is 12.1 Å². The minimum Gasteiger partial charge on any atom is -0.335 e. The first kappa shape index (κ1) is 12.4. The number of urea groups is 1. The molecule has 5 heteroatoms. The average Bonchev–Trinajstić information content (AvgIpc) is 2.22. The lowest BCUT2D eigenvalue weighted by molar-refractivity contribution is 0.249. The molecule has 0 aliphatic rings. The van der Waals surface area contributed by atoms with E-state index in [1.807, 2.05) is 13.8 Å². The Labute approximate surface area is 94.3 Å². The quantitative estimate of drug-likeness (QED) is 0.776. The maximum atomic E-state index is 13.3.